The zero-order valence-electron chi connectivity index (χ0n) is 18.2. The smallest absolute Gasteiger partial charge is 0.414 e. The van der Waals surface area contributed by atoms with Crippen LogP contribution in [-0.2, 0) is 14.3 Å². The van der Waals surface area contributed by atoms with E-state index in [4.69, 9.17) is 4.74 Å². The van der Waals surface area contributed by atoms with Gasteiger partial charge in [-0.15, -0.1) is 0 Å². The molecule has 0 spiro atoms. The summed E-state index contributed by atoms with van der Waals surface area (Å²) in [5.41, 5.74) is 1.83. The Labute approximate surface area is 195 Å². The van der Waals surface area contributed by atoms with Crippen LogP contribution in [0.25, 0.3) is 6.08 Å². The fourth-order valence-corrected chi connectivity index (χ4v) is 4.46. The Kier molecular flexibility index (Phi) is 6.93. The summed E-state index contributed by atoms with van der Waals surface area (Å²) in [4.78, 5) is 40.7. The topological polar surface area (TPSA) is 82.2 Å². The lowest BCUT2D eigenvalue weighted by Crippen LogP contribution is -2.48. The minimum absolute atomic E-state index is 0.0574. The normalized spacial score (nSPS) is 18.7. The summed E-state index contributed by atoms with van der Waals surface area (Å²) in [6.07, 6.45) is 2.32. The van der Waals surface area contributed by atoms with E-state index < -0.39 is 18.0 Å². The highest BCUT2D eigenvalue weighted by atomic mass is 32.1. The van der Waals surface area contributed by atoms with Gasteiger partial charge in [0.2, 0.25) is 11.8 Å². The van der Waals surface area contributed by atoms with Gasteiger partial charge in [0.15, 0.2) is 0 Å². The summed E-state index contributed by atoms with van der Waals surface area (Å²) in [7, 11) is 0. The van der Waals surface area contributed by atoms with Crippen molar-refractivity contribution in [1.82, 2.24) is 10.2 Å². The van der Waals surface area contributed by atoms with Gasteiger partial charge in [-0.25, -0.2) is 9.18 Å². The number of amides is 3. The van der Waals surface area contributed by atoms with Crippen molar-refractivity contribution < 1.29 is 23.5 Å². The molecule has 33 heavy (non-hydrogen) atoms. The fourth-order valence-electron chi connectivity index (χ4n) is 3.83. The molecule has 1 aromatic heterocycles. The number of hydrogen-bond donors (Lipinski definition) is 1. The monoisotopic (exact) mass is 472 g/mol. The third-order valence-electron chi connectivity index (χ3n) is 5.59. The maximum Gasteiger partial charge on any atom is 0.414 e. The van der Waals surface area contributed by atoms with Crippen LogP contribution < -0.4 is 15.1 Å². The van der Waals surface area contributed by atoms with E-state index in [-0.39, 0.29) is 24.9 Å². The molecule has 0 radical (unpaired) electrons. The molecule has 2 aliphatic heterocycles. The van der Waals surface area contributed by atoms with E-state index in [9.17, 15) is 18.8 Å². The Balaban J connectivity index is 1.34. The van der Waals surface area contributed by atoms with Gasteiger partial charge >= 0.3 is 6.09 Å². The molecular formula is C23H25FN4O4S. The van der Waals surface area contributed by atoms with Crippen LogP contribution >= 0.6 is 11.3 Å². The molecule has 10 heteroatoms. The Morgan fingerprint density at radius 3 is 2.70 bits per heavy atom. The number of benzene rings is 1. The highest BCUT2D eigenvalue weighted by Gasteiger charge is 2.33. The van der Waals surface area contributed by atoms with Crippen LogP contribution in [0.5, 0.6) is 0 Å². The number of halogens is 1. The third-order valence-corrected chi connectivity index (χ3v) is 6.29. The second-order valence-corrected chi connectivity index (χ2v) is 8.67. The number of cyclic esters (lactones) is 1. The predicted molar refractivity (Wildman–Crippen MR) is 125 cm³/mol. The average molecular weight is 473 g/mol. The molecular weight excluding hydrogens is 447 g/mol. The number of hydrogen-bond acceptors (Lipinski definition) is 6. The molecule has 2 aromatic rings. The van der Waals surface area contributed by atoms with Crippen molar-refractivity contribution in [2.75, 3.05) is 49.1 Å². The molecule has 0 bridgehead atoms. The van der Waals surface area contributed by atoms with Gasteiger partial charge in [-0.2, -0.15) is 11.3 Å². The quantitative estimate of drug-likeness (QED) is 0.654. The first-order chi connectivity index (χ1) is 15.9. The van der Waals surface area contributed by atoms with Crippen LogP contribution in [0.3, 0.4) is 0 Å². The number of anilines is 2. The molecule has 174 valence electrons. The zero-order chi connectivity index (χ0) is 23.4. The fraction of sp³-hybridized carbons (Fsp3) is 0.348. The number of ether oxygens (including phenoxy) is 1. The van der Waals surface area contributed by atoms with Gasteiger partial charge < -0.3 is 19.9 Å². The number of nitrogens with zero attached hydrogens (tertiary/aromatic N) is 3. The lowest BCUT2D eigenvalue weighted by Gasteiger charge is -2.36. The van der Waals surface area contributed by atoms with E-state index in [1.165, 1.54) is 17.9 Å². The van der Waals surface area contributed by atoms with Crippen molar-refractivity contribution in [3.05, 3.63) is 52.5 Å². The average Bonchev–Trinajstić information content (AvgIpc) is 3.45. The van der Waals surface area contributed by atoms with E-state index in [1.807, 2.05) is 21.7 Å². The lowest BCUT2D eigenvalue weighted by molar-refractivity contribution is -0.126. The second-order valence-electron chi connectivity index (χ2n) is 7.89. The molecule has 0 saturated carbocycles. The van der Waals surface area contributed by atoms with Crippen LogP contribution in [0.2, 0.25) is 0 Å². The van der Waals surface area contributed by atoms with E-state index in [0.29, 0.717) is 37.6 Å². The highest BCUT2D eigenvalue weighted by molar-refractivity contribution is 7.08. The minimum Gasteiger partial charge on any atom is -0.442 e. The zero-order valence-corrected chi connectivity index (χ0v) is 19.0. The highest BCUT2D eigenvalue weighted by Crippen LogP contribution is 2.28. The summed E-state index contributed by atoms with van der Waals surface area (Å²) in [5, 5.41) is 6.54. The summed E-state index contributed by atoms with van der Waals surface area (Å²) < 4.78 is 20.2. The number of carbonyl (C=O) groups excluding carboxylic acids is 3. The molecule has 4 rings (SSSR count). The summed E-state index contributed by atoms with van der Waals surface area (Å²) in [6, 6.07) is 6.59. The molecule has 2 fully saturated rings. The van der Waals surface area contributed by atoms with Crippen LogP contribution in [0.4, 0.5) is 20.6 Å². The van der Waals surface area contributed by atoms with Crippen LogP contribution in [0.1, 0.15) is 12.5 Å². The SMILES string of the molecule is CC(=O)NC[C@H]1CN(c2ccc(N3CCN(C(=O)/C=C/c4ccsc4)CC3)c(F)c2)C(=O)O1. The van der Waals surface area contributed by atoms with Gasteiger partial charge in [-0.3, -0.25) is 14.5 Å². The molecule has 8 nitrogen and oxygen atoms in total. The summed E-state index contributed by atoms with van der Waals surface area (Å²) in [6.45, 7) is 3.85. The van der Waals surface area contributed by atoms with Crippen molar-refractivity contribution in [1.29, 1.82) is 0 Å². The number of thiophene rings is 1. The van der Waals surface area contributed by atoms with Crippen molar-refractivity contribution in [3.8, 4) is 0 Å². The van der Waals surface area contributed by atoms with Gasteiger partial charge in [0.1, 0.15) is 11.9 Å². The van der Waals surface area contributed by atoms with E-state index in [2.05, 4.69) is 5.32 Å². The number of piperazine rings is 1. The maximum absolute atomic E-state index is 14.9. The molecule has 2 saturated heterocycles. The van der Waals surface area contributed by atoms with Crippen molar-refractivity contribution in [3.63, 3.8) is 0 Å². The molecule has 2 aliphatic rings. The Morgan fingerprint density at radius 2 is 2.03 bits per heavy atom. The molecule has 1 atom stereocenters. The first-order valence-corrected chi connectivity index (χ1v) is 11.6. The summed E-state index contributed by atoms with van der Waals surface area (Å²) in [5.74, 6) is -0.707. The first-order valence-electron chi connectivity index (χ1n) is 10.7. The lowest BCUT2D eigenvalue weighted by atomic mass is 10.2. The minimum atomic E-state index is -0.569. The standard InChI is InChI=1S/C23H25FN4O4S/c1-16(29)25-13-19-14-28(23(31)32-19)18-3-4-21(20(24)12-18)26-7-9-27(10-8-26)22(30)5-2-17-6-11-33-15-17/h2-6,11-12,15,19H,7-10,13-14H2,1H3,(H,25,29)/b5-2+/t19-/m0/s1. The van der Waals surface area contributed by atoms with Crippen LogP contribution in [0, 0.1) is 5.82 Å². The molecule has 1 N–H and O–H groups in total. The molecule has 0 unspecified atom stereocenters. The summed E-state index contributed by atoms with van der Waals surface area (Å²) >= 11 is 1.58. The third kappa shape index (κ3) is 5.51. The number of rotatable bonds is 6. The van der Waals surface area contributed by atoms with Crippen molar-refractivity contribution >= 4 is 46.7 Å². The molecule has 3 heterocycles. The van der Waals surface area contributed by atoms with Gasteiger partial charge in [0.05, 0.1) is 24.5 Å². The van der Waals surface area contributed by atoms with Gasteiger partial charge in [-0.05, 0) is 46.7 Å². The Morgan fingerprint density at radius 1 is 1.24 bits per heavy atom. The second kappa shape index (κ2) is 10.0. The Bertz CT molecular complexity index is 1050. The molecule has 1 aromatic carbocycles. The predicted octanol–water partition coefficient (Wildman–Crippen LogP) is 2.71. The molecule has 3 amide bonds. The van der Waals surface area contributed by atoms with Gasteiger partial charge in [-0.1, -0.05) is 0 Å². The number of nitrogens with one attached hydrogen (secondary N) is 1. The molecule has 0 aliphatic carbocycles. The maximum atomic E-state index is 14.9. The van der Waals surface area contributed by atoms with Gasteiger partial charge in [0.25, 0.3) is 0 Å². The number of carbonyl (C=O) groups is 3. The van der Waals surface area contributed by atoms with E-state index >= 15 is 0 Å². The van der Waals surface area contributed by atoms with Crippen LogP contribution in [-0.4, -0.2) is 68.2 Å². The first kappa shape index (κ1) is 22.8. The Hall–Kier alpha value is -3.40. The largest absolute Gasteiger partial charge is 0.442 e. The van der Waals surface area contributed by atoms with E-state index in [0.717, 1.165) is 5.56 Å². The van der Waals surface area contributed by atoms with Crippen molar-refractivity contribution in [2.24, 2.45) is 0 Å². The van der Waals surface area contributed by atoms with E-state index in [1.54, 1.807) is 40.5 Å². The van der Waals surface area contributed by atoms with Crippen LogP contribution in [0.15, 0.2) is 41.1 Å². The van der Waals surface area contributed by atoms with Gasteiger partial charge in [0, 0.05) is 39.2 Å². The van der Waals surface area contributed by atoms with Crippen molar-refractivity contribution in [2.45, 2.75) is 13.0 Å².